The smallest absolute Gasteiger partial charge is 0.323 e. The molecule has 104 heavy (non-hydrogen) atoms. The van der Waals surface area contributed by atoms with Crippen molar-refractivity contribution in [3.63, 3.8) is 0 Å². The van der Waals surface area contributed by atoms with Crippen LogP contribution in [0.2, 0.25) is 0 Å². The van der Waals surface area contributed by atoms with Gasteiger partial charge in [-0.3, -0.25) is 0 Å². The maximum Gasteiger partial charge on any atom is 0.323 e. The molecule has 0 saturated carbocycles. The number of hydrogen-bond acceptors (Lipinski definition) is 2. The zero-order chi connectivity index (χ0) is 69.7. The zero-order valence-electron chi connectivity index (χ0n) is 56.9. The van der Waals surface area contributed by atoms with E-state index in [2.05, 4.69) is 411 Å². The first-order valence-electron chi connectivity index (χ1n) is 35.1. The molecule has 18 aromatic carbocycles. The summed E-state index contributed by atoms with van der Waals surface area (Å²) in [6, 6.07) is 143. The highest BCUT2D eigenvalue weighted by Crippen LogP contribution is 2.49. The van der Waals surface area contributed by atoms with Crippen molar-refractivity contribution in [1.82, 2.24) is 0 Å². The summed E-state index contributed by atoms with van der Waals surface area (Å²) in [5.74, 6) is 0. The average Bonchev–Trinajstić information content (AvgIpc) is 0.751. The second-order valence-corrected chi connectivity index (χ2v) is 32.4. The molecule has 0 radical (unpaired) electrons. The molecule has 0 spiro atoms. The molecule has 0 atom stereocenters. The van der Waals surface area contributed by atoms with Crippen LogP contribution >= 0.6 is 23.8 Å². The normalized spacial score (nSPS) is 11.4. The van der Waals surface area contributed by atoms with Crippen LogP contribution in [0.15, 0.2) is 400 Å². The number of amides is 2. The largest absolute Gasteiger partial charge is 0.398 e. The molecule has 4 nitrogen and oxygen atoms in total. The molecule has 0 fully saturated rings. The Balaban J connectivity index is 0.000000196. The minimum Gasteiger partial charge on any atom is -0.398 e. The monoisotopic (exact) mass is 1390 g/mol. The first-order chi connectivity index (χ1) is 51.5. The Labute approximate surface area is 610 Å². The van der Waals surface area contributed by atoms with Crippen LogP contribution in [-0.2, 0) is 0 Å². The second kappa shape index (κ2) is 29.5. The third-order valence-corrected chi connectivity index (χ3v) is 27.0. The third-order valence-electron chi connectivity index (χ3n) is 19.6. The summed E-state index contributed by atoms with van der Waals surface area (Å²) < 4.78 is 0. The molecular weight excluding hydrogens is 1320 g/mol. The highest BCUT2D eigenvalue weighted by molar-refractivity contribution is 7.81. The predicted molar refractivity (Wildman–Crippen MR) is 454 cm³/mol. The molecular formula is C97H70N3OP3. The topological polar surface area (TPSA) is 67.2 Å². The fraction of sp³-hybridized carbons (Fsp3) is 0. The second-order valence-electron chi connectivity index (χ2n) is 25.8. The van der Waals surface area contributed by atoms with Crippen molar-refractivity contribution in [1.29, 1.82) is 0 Å². The highest BCUT2D eigenvalue weighted by atomic mass is 31.1. The fourth-order valence-corrected chi connectivity index (χ4v) is 22.4. The predicted octanol–water partition coefficient (Wildman–Crippen LogP) is 21.8. The van der Waals surface area contributed by atoms with E-state index in [0.29, 0.717) is 0 Å². The molecule has 0 bridgehead atoms. The van der Waals surface area contributed by atoms with Gasteiger partial charge < -0.3 is 16.4 Å². The maximum atomic E-state index is 15.3. The number of urea groups is 1. The van der Waals surface area contributed by atoms with Crippen LogP contribution < -0.4 is 64.1 Å². The van der Waals surface area contributed by atoms with Crippen molar-refractivity contribution in [2.24, 2.45) is 0 Å². The summed E-state index contributed by atoms with van der Waals surface area (Å²) in [6.07, 6.45) is 0. The van der Waals surface area contributed by atoms with Crippen LogP contribution in [0, 0.1) is 0 Å². The van der Waals surface area contributed by atoms with E-state index < -0.39 is 23.8 Å². The molecule has 18 aromatic rings. The first-order valence-corrected chi connectivity index (χ1v) is 39.2. The minimum atomic E-state index is -1.02. The van der Waals surface area contributed by atoms with Gasteiger partial charge in [-0.05, 0) is 154 Å². The zero-order valence-corrected chi connectivity index (χ0v) is 59.6. The van der Waals surface area contributed by atoms with Gasteiger partial charge in [0.05, 0.1) is 11.4 Å². The number of hydrogen-bond donors (Lipinski definition) is 3. The summed E-state index contributed by atoms with van der Waals surface area (Å²) in [6.45, 7) is 0. The standard InChI is InChI=1S/C65H46N2OP2.C32H24NP/c68-65(66-57-41-37-45-21-13-17-33-53(45)61(57)63-55-35-19-15-23-47(55)39-43-59(63)69(49-25-5-1-6-26-49)50-27-7-2-8-28-50)67-58-42-38-46-22-14-18-34-54(46)62(58)64-56-36-20-16-24-48(56)40-44-60(64)70(51-29-9-3-10-30-51)52-31-11-4-12-32-52;33-29-21-19-23-11-7-9-17-27(23)31(29)32-28-18-10-8-12-24(28)20-22-30(32)34(25-13-3-1-4-14-25)26-15-5-2-6-16-26/h1-44H,(H2,66,67,68);1-22H,33H2. The average molecular weight is 1390 g/mol. The number of carbonyl (C=O) groups is 1. The molecule has 0 aliphatic heterocycles. The Hall–Kier alpha value is -12.1. The highest BCUT2D eigenvalue weighted by Gasteiger charge is 2.29. The van der Waals surface area contributed by atoms with Gasteiger partial charge in [-0.2, -0.15) is 0 Å². The lowest BCUT2D eigenvalue weighted by Crippen LogP contribution is -2.24. The Kier molecular flexibility index (Phi) is 18.5. The molecule has 0 aromatic heterocycles. The van der Waals surface area contributed by atoms with E-state index in [1.807, 2.05) is 0 Å². The molecule has 0 heterocycles. The van der Waals surface area contributed by atoms with Gasteiger partial charge in [-0.1, -0.05) is 382 Å². The number of anilines is 3. The van der Waals surface area contributed by atoms with Crippen LogP contribution in [0.5, 0.6) is 0 Å². The summed E-state index contributed by atoms with van der Waals surface area (Å²) in [5, 5.41) is 32.1. The van der Waals surface area contributed by atoms with Gasteiger partial charge in [0.15, 0.2) is 0 Å². The lowest BCUT2D eigenvalue weighted by Gasteiger charge is -2.26. The van der Waals surface area contributed by atoms with Crippen molar-refractivity contribution in [3.05, 3.63) is 400 Å². The summed E-state index contributed by atoms with van der Waals surface area (Å²) in [7, 11) is -2.83. The number of nitrogens with two attached hydrogens (primary N) is 1. The van der Waals surface area contributed by atoms with E-state index in [4.69, 9.17) is 5.73 Å². The molecule has 4 N–H and O–H groups in total. The van der Waals surface area contributed by atoms with E-state index in [-0.39, 0.29) is 6.03 Å². The number of rotatable bonds is 14. The first kappa shape index (κ1) is 65.2. The van der Waals surface area contributed by atoms with Crippen LogP contribution in [0.3, 0.4) is 0 Å². The molecule has 2 amide bonds. The molecule has 494 valence electrons. The Morgan fingerprint density at radius 2 is 0.404 bits per heavy atom. The van der Waals surface area contributed by atoms with Crippen molar-refractivity contribution in [2.45, 2.75) is 0 Å². The lowest BCUT2D eigenvalue weighted by molar-refractivity contribution is 0.262. The SMILES string of the molecule is Nc1ccc2ccccc2c1-c1c(P(c2ccccc2)c2ccccc2)ccc2ccccc12.O=C(Nc1ccc2ccccc2c1-c1c(P(c2ccccc2)c2ccccc2)ccc2ccccc12)Nc1ccc2ccccc2c1-c1c(P(c2ccccc2)c2ccccc2)ccc2ccccc12. The summed E-state index contributed by atoms with van der Waals surface area (Å²) in [4.78, 5) is 15.3. The van der Waals surface area contributed by atoms with E-state index in [1.165, 1.54) is 74.8 Å². The van der Waals surface area contributed by atoms with E-state index >= 15 is 4.79 Å². The van der Waals surface area contributed by atoms with Crippen molar-refractivity contribution >= 4 is 159 Å². The number of nitrogen functional groups attached to an aromatic ring is 1. The third kappa shape index (κ3) is 12.8. The van der Waals surface area contributed by atoms with Crippen LogP contribution in [0.25, 0.3) is 98.0 Å². The van der Waals surface area contributed by atoms with Gasteiger partial charge >= 0.3 is 6.03 Å². The van der Waals surface area contributed by atoms with Crippen molar-refractivity contribution < 1.29 is 4.79 Å². The number of carbonyl (C=O) groups excluding carboxylic acids is 1. The maximum absolute atomic E-state index is 15.3. The van der Waals surface area contributed by atoms with Gasteiger partial charge in [0.25, 0.3) is 0 Å². The van der Waals surface area contributed by atoms with E-state index in [0.717, 1.165) is 88.0 Å². The van der Waals surface area contributed by atoms with Crippen LogP contribution in [0.1, 0.15) is 0 Å². The Bertz CT molecular complexity index is 5790. The number of fused-ring (bicyclic) bond motifs is 6. The van der Waals surface area contributed by atoms with Crippen molar-refractivity contribution in [3.8, 4) is 33.4 Å². The van der Waals surface area contributed by atoms with Gasteiger partial charge in [-0.15, -0.1) is 0 Å². The quantitative estimate of drug-likeness (QED) is 0.0750. The fourth-order valence-electron chi connectivity index (χ4n) is 15.0. The molecule has 0 unspecified atom stereocenters. The van der Waals surface area contributed by atoms with Gasteiger partial charge in [0.2, 0.25) is 0 Å². The van der Waals surface area contributed by atoms with Gasteiger partial charge in [-0.25, -0.2) is 4.79 Å². The van der Waals surface area contributed by atoms with Gasteiger partial charge in [0.1, 0.15) is 0 Å². The summed E-state index contributed by atoms with van der Waals surface area (Å²) in [5.41, 5.74) is 15.6. The molecule has 0 saturated heterocycles. The summed E-state index contributed by atoms with van der Waals surface area (Å²) >= 11 is 0. The van der Waals surface area contributed by atoms with Gasteiger partial charge in [0, 0.05) is 39.1 Å². The van der Waals surface area contributed by atoms with Crippen molar-refractivity contribution in [2.75, 3.05) is 16.4 Å². The minimum absolute atomic E-state index is 0.321. The van der Waals surface area contributed by atoms with Crippen LogP contribution in [-0.4, -0.2) is 6.03 Å². The lowest BCUT2D eigenvalue weighted by atomic mass is 9.92. The molecule has 0 aliphatic carbocycles. The number of nitrogens with one attached hydrogen (secondary N) is 2. The number of benzene rings is 18. The van der Waals surface area contributed by atoms with E-state index in [1.54, 1.807) is 0 Å². The molecule has 7 heteroatoms. The molecule has 0 aliphatic rings. The van der Waals surface area contributed by atoms with E-state index in [9.17, 15) is 0 Å². The van der Waals surface area contributed by atoms with Crippen LogP contribution in [0.4, 0.5) is 21.9 Å². The molecule has 18 rings (SSSR count). The Morgan fingerprint density at radius 3 is 0.673 bits per heavy atom. The Morgan fingerprint density at radius 1 is 0.202 bits per heavy atom.